The highest BCUT2D eigenvalue weighted by atomic mass is 16.5. The zero-order valence-electron chi connectivity index (χ0n) is 11.0. The Kier molecular flexibility index (Phi) is 4.45. The number of hydrogen-bond acceptors (Lipinski definition) is 5. The number of aromatic hydroxyl groups is 2. The fourth-order valence-corrected chi connectivity index (χ4v) is 2.24. The minimum absolute atomic E-state index is 0.0866. The van der Waals surface area contributed by atoms with Crippen LogP contribution < -0.4 is 5.32 Å². The number of benzene rings is 1. The molecule has 3 N–H and O–H groups in total. The second-order valence-electron chi connectivity index (χ2n) is 4.83. The van der Waals surface area contributed by atoms with Gasteiger partial charge < -0.3 is 20.3 Å². The summed E-state index contributed by atoms with van der Waals surface area (Å²) in [5.41, 5.74) is -0.0866. The van der Waals surface area contributed by atoms with Gasteiger partial charge in [-0.05, 0) is 25.0 Å². The number of amides is 1. The van der Waals surface area contributed by atoms with Crippen molar-refractivity contribution in [2.45, 2.75) is 31.7 Å². The van der Waals surface area contributed by atoms with Crippen LogP contribution in [-0.4, -0.2) is 34.7 Å². The lowest BCUT2D eigenvalue weighted by Crippen LogP contribution is -2.35. The predicted molar refractivity (Wildman–Crippen MR) is 70.5 cm³/mol. The third kappa shape index (κ3) is 3.63. The van der Waals surface area contributed by atoms with Crippen molar-refractivity contribution in [2.24, 2.45) is 0 Å². The van der Waals surface area contributed by atoms with E-state index >= 15 is 0 Å². The Morgan fingerprint density at radius 3 is 2.60 bits per heavy atom. The van der Waals surface area contributed by atoms with E-state index in [4.69, 9.17) is 9.84 Å². The summed E-state index contributed by atoms with van der Waals surface area (Å²) >= 11 is 0. The molecular formula is C14H17NO5. The summed E-state index contributed by atoms with van der Waals surface area (Å²) in [7, 11) is 0. The van der Waals surface area contributed by atoms with Gasteiger partial charge in [0.15, 0.2) is 6.61 Å². The molecule has 0 saturated heterocycles. The topological polar surface area (TPSA) is 95.9 Å². The van der Waals surface area contributed by atoms with E-state index in [-0.39, 0.29) is 35.6 Å². The van der Waals surface area contributed by atoms with Gasteiger partial charge in [0.2, 0.25) is 0 Å². The number of nitrogens with one attached hydrogen (secondary N) is 1. The van der Waals surface area contributed by atoms with Crippen LogP contribution in [0.3, 0.4) is 0 Å². The Balaban J connectivity index is 1.83. The minimum atomic E-state index is -0.802. The molecule has 1 aromatic carbocycles. The molecular weight excluding hydrogens is 262 g/mol. The second kappa shape index (κ2) is 6.27. The van der Waals surface area contributed by atoms with E-state index in [1.54, 1.807) is 0 Å². The van der Waals surface area contributed by atoms with Crippen LogP contribution in [0.4, 0.5) is 0 Å². The van der Waals surface area contributed by atoms with Crippen molar-refractivity contribution in [3.63, 3.8) is 0 Å². The zero-order chi connectivity index (χ0) is 14.5. The Labute approximate surface area is 116 Å². The molecule has 0 aliphatic heterocycles. The van der Waals surface area contributed by atoms with Crippen molar-refractivity contribution in [2.75, 3.05) is 6.61 Å². The highest BCUT2D eigenvalue weighted by molar-refractivity contribution is 5.94. The summed E-state index contributed by atoms with van der Waals surface area (Å²) in [6.07, 6.45) is 4.12. The molecule has 20 heavy (non-hydrogen) atoms. The first kappa shape index (κ1) is 14.2. The van der Waals surface area contributed by atoms with Crippen LogP contribution in [0.15, 0.2) is 18.2 Å². The molecule has 1 aromatic rings. The molecule has 2 rings (SSSR count). The van der Waals surface area contributed by atoms with Gasteiger partial charge in [-0.1, -0.05) is 12.8 Å². The van der Waals surface area contributed by atoms with Gasteiger partial charge >= 0.3 is 5.97 Å². The summed E-state index contributed by atoms with van der Waals surface area (Å²) in [6.45, 7) is -0.379. The molecule has 1 saturated carbocycles. The number of phenols is 2. The molecule has 1 aliphatic rings. The Morgan fingerprint density at radius 1 is 1.25 bits per heavy atom. The molecule has 0 heterocycles. The SMILES string of the molecule is O=C(COC(=O)c1ccc(O)cc1O)NC1CCCC1. The summed E-state index contributed by atoms with van der Waals surface area (Å²) < 4.78 is 4.83. The van der Waals surface area contributed by atoms with Gasteiger partial charge in [-0.2, -0.15) is 0 Å². The van der Waals surface area contributed by atoms with E-state index in [2.05, 4.69) is 5.32 Å². The maximum Gasteiger partial charge on any atom is 0.342 e. The zero-order valence-corrected chi connectivity index (χ0v) is 11.0. The van der Waals surface area contributed by atoms with Gasteiger partial charge in [0, 0.05) is 12.1 Å². The van der Waals surface area contributed by atoms with E-state index in [1.807, 2.05) is 0 Å². The van der Waals surface area contributed by atoms with Crippen LogP contribution in [0.2, 0.25) is 0 Å². The number of phenolic OH excluding ortho intramolecular Hbond substituents is 2. The summed E-state index contributed by atoms with van der Waals surface area (Å²) in [6, 6.07) is 3.70. The predicted octanol–water partition coefficient (Wildman–Crippen LogP) is 1.31. The second-order valence-corrected chi connectivity index (χ2v) is 4.83. The van der Waals surface area contributed by atoms with Crippen LogP contribution in [0.1, 0.15) is 36.0 Å². The largest absolute Gasteiger partial charge is 0.508 e. The van der Waals surface area contributed by atoms with E-state index in [9.17, 15) is 14.7 Å². The van der Waals surface area contributed by atoms with Crippen LogP contribution in [0.5, 0.6) is 11.5 Å². The highest BCUT2D eigenvalue weighted by Gasteiger charge is 2.19. The molecule has 0 atom stereocenters. The summed E-state index contributed by atoms with van der Waals surface area (Å²) in [4.78, 5) is 23.3. The fourth-order valence-electron chi connectivity index (χ4n) is 2.24. The van der Waals surface area contributed by atoms with Crippen molar-refractivity contribution in [1.29, 1.82) is 0 Å². The number of esters is 1. The van der Waals surface area contributed by atoms with Crippen molar-refractivity contribution in [1.82, 2.24) is 5.32 Å². The van der Waals surface area contributed by atoms with E-state index in [0.717, 1.165) is 31.7 Å². The van der Waals surface area contributed by atoms with Crippen LogP contribution in [0.25, 0.3) is 0 Å². The number of rotatable bonds is 4. The average molecular weight is 279 g/mol. The van der Waals surface area contributed by atoms with E-state index < -0.39 is 5.97 Å². The third-order valence-corrected chi connectivity index (χ3v) is 3.26. The Morgan fingerprint density at radius 2 is 1.95 bits per heavy atom. The van der Waals surface area contributed by atoms with Crippen LogP contribution in [-0.2, 0) is 9.53 Å². The molecule has 108 valence electrons. The summed E-state index contributed by atoms with van der Waals surface area (Å²) in [5, 5.41) is 21.4. The molecule has 1 amide bonds. The average Bonchev–Trinajstić information content (AvgIpc) is 2.89. The van der Waals surface area contributed by atoms with Gasteiger partial charge in [0.05, 0.1) is 0 Å². The quantitative estimate of drug-likeness (QED) is 0.722. The number of ether oxygens (including phenoxy) is 1. The van der Waals surface area contributed by atoms with E-state index in [0.29, 0.717) is 0 Å². The molecule has 0 bridgehead atoms. The van der Waals surface area contributed by atoms with Crippen molar-refractivity contribution in [3.05, 3.63) is 23.8 Å². The molecule has 6 heteroatoms. The molecule has 1 aliphatic carbocycles. The number of carbonyl (C=O) groups excluding carboxylic acids is 2. The van der Waals surface area contributed by atoms with Crippen molar-refractivity contribution < 1.29 is 24.5 Å². The molecule has 1 fully saturated rings. The number of carbonyl (C=O) groups is 2. The maximum absolute atomic E-state index is 11.7. The molecule has 0 radical (unpaired) electrons. The van der Waals surface area contributed by atoms with E-state index in [1.165, 1.54) is 12.1 Å². The summed E-state index contributed by atoms with van der Waals surface area (Å²) in [5.74, 6) is -1.68. The maximum atomic E-state index is 11.7. The van der Waals surface area contributed by atoms with Gasteiger partial charge in [-0.25, -0.2) is 4.79 Å². The van der Waals surface area contributed by atoms with Crippen molar-refractivity contribution in [3.8, 4) is 11.5 Å². The van der Waals surface area contributed by atoms with Gasteiger partial charge in [-0.15, -0.1) is 0 Å². The lowest BCUT2D eigenvalue weighted by molar-refractivity contribution is -0.124. The first-order chi connectivity index (χ1) is 9.56. The molecule has 0 aromatic heterocycles. The highest BCUT2D eigenvalue weighted by Crippen LogP contribution is 2.23. The molecule has 6 nitrogen and oxygen atoms in total. The minimum Gasteiger partial charge on any atom is -0.508 e. The Hall–Kier alpha value is -2.24. The fraction of sp³-hybridized carbons (Fsp3) is 0.429. The normalized spacial score (nSPS) is 15.0. The molecule has 0 spiro atoms. The number of hydrogen-bond donors (Lipinski definition) is 3. The van der Waals surface area contributed by atoms with Gasteiger partial charge in [-0.3, -0.25) is 4.79 Å². The lowest BCUT2D eigenvalue weighted by atomic mass is 10.2. The standard InChI is InChI=1S/C14H17NO5/c16-10-5-6-11(12(17)7-10)14(19)20-8-13(18)15-9-3-1-2-4-9/h5-7,9,16-17H,1-4,8H2,(H,15,18). The van der Waals surface area contributed by atoms with Crippen molar-refractivity contribution >= 4 is 11.9 Å². The first-order valence-corrected chi connectivity index (χ1v) is 6.55. The first-order valence-electron chi connectivity index (χ1n) is 6.55. The third-order valence-electron chi connectivity index (χ3n) is 3.26. The smallest absolute Gasteiger partial charge is 0.342 e. The van der Waals surface area contributed by atoms with Crippen LogP contribution in [0, 0.1) is 0 Å². The molecule has 0 unspecified atom stereocenters. The lowest BCUT2D eigenvalue weighted by Gasteiger charge is -2.12. The van der Waals surface area contributed by atoms with Gasteiger partial charge in [0.1, 0.15) is 17.1 Å². The van der Waals surface area contributed by atoms with Crippen LogP contribution >= 0.6 is 0 Å². The monoisotopic (exact) mass is 279 g/mol. The Bertz CT molecular complexity index is 508. The van der Waals surface area contributed by atoms with Gasteiger partial charge in [0.25, 0.3) is 5.91 Å².